The van der Waals surface area contributed by atoms with E-state index in [1.165, 1.54) is 11.3 Å². The van der Waals surface area contributed by atoms with E-state index in [4.69, 9.17) is 16.3 Å². The summed E-state index contributed by atoms with van der Waals surface area (Å²) in [6, 6.07) is 7.23. The Morgan fingerprint density at radius 1 is 1.38 bits per heavy atom. The molecule has 0 unspecified atom stereocenters. The number of hydrogen-bond donors (Lipinski definition) is 0. The first-order valence-corrected chi connectivity index (χ1v) is 4.93. The van der Waals surface area contributed by atoms with Crippen molar-refractivity contribution in [2.24, 2.45) is 0 Å². The summed E-state index contributed by atoms with van der Waals surface area (Å²) in [6.45, 7) is 0. The lowest BCUT2D eigenvalue weighted by molar-refractivity contribution is 0.479. The fourth-order valence-corrected chi connectivity index (χ4v) is 1.58. The number of thiazole rings is 1. The Morgan fingerprint density at radius 2 is 2.31 bits per heavy atom. The van der Waals surface area contributed by atoms with E-state index in [9.17, 15) is 0 Å². The molecule has 0 saturated carbocycles. The van der Waals surface area contributed by atoms with Crippen molar-refractivity contribution in [3.8, 4) is 10.9 Å². The second-order valence-electron chi connectivity index (χ2n) is 2.36. The van der Waals surface area contributed by atoms with Crippen molar-refractivity contribution in [3.05, 3.63) is 40.9 Å². The highest BCUT2D eigenvalue weighted by atomic mass is 35.5. The number of halogens is 1. The first kappa shape index (κ1) is 8.53. The van der Waals surface area contributed by atoms with E-state index in [-0.39, 0.29) is 0 Å². The molecule has 0 atom stereocenters. The van der Waals surface area contributed by atoms with Crippen molar-refractivity contribution >= 4 is 22.9 Å². The maximum atomic E-state index is 5.79. The van der Waals surface area contributed by atoms with E-state index in [1.54, 1.807) is 18.3 Å². The molecule has 0 saturated heterocycles. The van der Waals surface area contributed by atoms with Gasteiger partial charge in [0, 0.05) is 16.6 Å². The van der Waals surface area contributed by atoms with Crippen LogP contribution < -0.4 is 4.74 Å². The average molecular weight is 212 g/mol. The summed E-state index contributed by atoms with van der Waals surface area (Å²) < 4.78 is 5.42. The zero-order valence-corrected chi connectivity index (χ0v) is 8.18. The summed E-state index contributed by atoms with van der Waals surface area (Å²) in [6.07, 6.45) is 1.70. The minimum atomic E-state index is 0.627. The first-order valence-electron chi connectivity index (χ1n) is 3.67. The topological polar surface area (TPSA) is 22.1 Å². The van der Waals surface area contributed by atoms with Gasteiger partial charge in [-0.05, 0) is 18.2 Å². The molecule has 2 nitrogen and oxygen atoms in total. The highest BCUT2D eigenvalue weighted by molar-refractivity contribution is 7.11. The SMILES string of the molecule is Clc1cccc(Oc2nccs2)c1. The molecule has 13 heavy (non-hydrogen) atoms. The van der Waals surface area contributed by atoms with E-state index in [2.05, 4.69) is 4.98 Å². The van der Waals surface area contributed by atoms with Gasteiger partial charge in [0.25, 0.3) is 5.19 Å². The van der Waals surface area contributed by atoms with Crippen molar-refractivity contribution in [2.45, 2.75) is 0 Å². The molecule has 0 aliphatic carbocycles. The van der Waals surface area contributed by atoms with E-state index in [0.717, 1.165) is 0 Å². The van der Waals surface area contributed by atoms with Crippen molar-refractivity contribution in [1.82, 2.24) is 4.98 Å². The van der Waals surface area contributed by atoms with Crippen LogP contribution in [0.5, 0.6) is 10.9 Å². The zero-order valence-electron chi connectivity index (χ0n) is 6.61. The predicted molar refractivity (Wildman–Crippen MR) is 53.6 cm³/mol. The van der Waals surface area contributed by atoms with Crippen LogP contribution in [0.2, 0.25) is 5.02 Å². The fraction of sp³-hybridized carbons (Fsp3) is 0. The molecule has 0 fully saturated rings. The van der Waals surface area contributed by atoms with Crippen molar-refractivity contribution in [1.29, 1.82) is 0 Å². The standard InChI is InChI=1S/C9H6ClNOS/c10-7-2-1-3-8(6-7)12-9-11-4-5-13-9/h1-6H. The van der Waals surface area contributed by atoms with Gasteiger partial charge in [-0.3, -0.25) is 0 Å². The molecule has 4 heteroatoms. The molecule has 66 valence electrons. The van der Waals surface area contributed by atoms with Gasteiger partial charge < -0.3 is 4.74 Å². The summed E-state index contributed by atoms with van der Waals surface area (Å²) in [5.74, 6) is 0.711. The normalized spacial score (nSPS) is 9.92. The van der Waals surface area contributed by atoms with E-state index in [1.807, 2.05) is 17.5 Å². The summed E-state index contributed by atoms with van der Waals surface area (Å²) in [7, 11) is 0. The molecule has 2 rings (SSSR count). The van der Waals surface area contributed by atoms with Gasteiger partial charge in [0.1, 0.15) is 5.75 Å². The van der Waals surface area contributed by atoms with Crippen molar-refractivity contribution in [2.75, 3.05) is 0 Å². The molecule has 1 aromatic carbocycles. The highest BCUT2D eigenvalue weighted by Gasteiger charge is 1.98. The van der Waals surface area contributed by atoms with Gasteiger partial charge in [0.05, 0.1) is 0 Å². The summed E-state index contributed by atoms with van der Waals surface area (Å²) in [5, 5.41) is 3.15. The maximum Gasteiger partial charge on any atom is 0.278 e. The van der Waals surface area contributed by atoms with Gasteiger partial charge in [0.15, 0.2) is 0 Å². The first-order chi connectivity index (χ1) is 6.34. The van der Waals surface area contributed by atoms with Crippen LogP contribution >= 0.6 is 22.9 Å². The molecule has 1 heterocycles. The summed E-state index contributed by atoms with van der Waals surface area (Å²) >= 11 is 7.24. The zero-order chi connectivity index (χ0) is 9.10. The Morgan fingerprint density at radius 3 is 3.00 bits per heavy atom. The van der Waals surface area contributed by atoms with Crippen LogP contribution in [0.3, 0.4) is 0 Å². The van der Waals surface area contributed by atoms with E-state index < -0.39 is 0 Å². The quantitative estimate of drug-likeness (QED) is 0.758. The number of rotatable bonds is 2. The van der Waals surface area contributed by atoms with Crippen LogP contribution in [0.1, 0.15) is 0 Å². The highest BCUT2D eigenvalue weighted by Crippen LogP contribution is 2.25. The van der Waals surface area contributed by atoms with Gasteiger partial charge in [-0.25, -0.2) is 4.98 Å². The Balaban J connectivity index is 2.19. The lowest BCUT2D eigenvalue weighted by Gasteiger charge is -2.00. The number of ether oxygens (including phenoxy) is 1. The number of benzene rings is 1. The molecule has 0 N–H and O–H groups in total. The average Bonchev–Trinajstić information content (AvgIpc) is 2.57. The monoisotopic (exact) mass is 211 g/mol. The molecular formula is C9H6ClNOS. The Bertz CT molecular complexity index is 388. The number of nitrogens with zero attached hydrogens (tertiary/aromatic N) is 1. The third-order valence-electron chi connectivity index (χ3n) is 1.41. The van der Waals surface area contributed by atoms with Crippen LogP contribution in [0.4, 0.5) is 0 Å². The van der Waals surface area contributed by atoms with Crippen LogP contribution in [0, 0.1) is 0 Å². The molecule has 0 amide bonds. The Kier molecular flexibility index (Phi) is 2.47. The molecular weight excluding hydrogens is 206 g/mol. The fourth-order valence-electron chi connectivity index (χ4n) is 0.892. The van der Waals surface area contributed by atoms with Crippen LogP contribution in [0.25, 0.3) is 0 Å². The Labute approximate surface area is 84.8 Å². The van der Waals surface area contributed by atoms with Gasteiger partial charge >= 0.3 is 0 Å². The minimum Gasteiger partial charge on any atom is -0.431 e. The third kappa shape index (κ3) is 2.20. The molecule has 0 aliphatic rings. The van der Waals surface area contributed by atoms with Gasteiger partial charge in [-0.15, -0.1) is 0 Å². The molecule has 0 radical (unpaired) electrons. The molecule has 2 aromatic rings. The second kappa shape index (κ2) is 3.77. The lowest BCUT2D eigenvalue weighted by Crippen LogP contribution is -1.81. The molecule has 0 spiro atoms. The van der Waals surface area contributed by atoms with Crippen LogP contribution in [-0.2, 0) is 0 Å². The molecule has 0 aliphatic heterocycles. The predicted octanol–water partition coefficient (Wildman–Crippen LogP) is 3.59. The van der Waals surface area contributed by atoms with Crippen molar-refractivity contribution in [3.63, 3.8) is 0 Å². The maximum absolute atomic E-state index is 5.79. The lowest BCUT2D eigenvalue weighted by atomic mass is 10.3. The number of aromatic nitrogens is 1. The largest absolute Gasteiger partial charge is 0.431 e. The van der Waals surface area contributed by atoms with Gasteiger partial charge in [-0.1, -0.05) is 29.0 Å². The van der Waals surface area contributed by atoms with E-state index in [0.29, 0.717) is 16.0 Å². The van der Waals surface area contributed by atoms with E-state index >= 15 is 0 Å². The second-order valence-corrected chi connectivity index (χ2v) is 3.65. The Hall–Kier alpha value is -1.06. The molecule has 0 bridgehead atoms. The summed E-state index contributed by atoms with van der Waals surface area (Å²) in [4.78, 5) is 3.99. The third-order valence-corrected chi connectivity index (χ3v) is 2.29. The smallest absolute Gasteiger partial charge is 0.278 e. The molecule has 1 aromatic heterocycles. The van der Waals surface area contributed by atoms with Gasteiger partial charge in [-0.2, -0.15) is 0 Å². The number of hydrogen-bond acceptors (Lipinski definition) is 3. The van der Waals surface area contributed by atoms with Gasteiger partial charge in [0.2, 0.25) is 0 Å². The summed E-state index contributed by atoms with van der Waals surface area (Å²) in [5.41, 5.74) is 0. The minimum absolute atomic E-state index is 0.627. The van der Waals surface area contributed by atoms with Crippen LogP contribution in [-0.4, -0.2) is 4.98 Å². The van der Waals surface area contributed by atoms with Crippen LogP contribution in [0.15, 0.2) is 35.8 Å². The van der Waals surface area contributed by atoms with Crippen molar-refractivity contribution < 1.29 is 4.74 Å².